The fourth-order valence-electron chi connectivity index (χ4n) is 3.65. The van der Waals surface area contributed by atoms with Crippen molar-refractivity contribution in [1.29, 1.82) is 0 Å². The van der Waals surface area contributed by atoms with E-state index in [4.69, 9.17) is 0 Å². The number of aromatic amines is 1. The van der Waals surface area contributed by atoms with Gasteiger partial charge < -0.3 is 10.4 Å². The molecule has 1 amide bonds. The largest absolute Gasteiger partial charge is 0.388 e. The number of rotatable bonds is 7. The fourth-order valence-corrected chi connectivity index (χ4v) is 3.65. The second kappa shape index (κ2) is 9.52. The van der Waals surface area contributed by atoms with Crippen LogP contribution < -0.4 is 5.32 Å². The number of benzene rings is 2. The smallest absolute Gasteiger partial charge is 0.252 e. The maximum atomic E-state index is 14.9. The van der Waals surface area contributed by atoms with Crippen molar-refractivity contribution in [1.82, 2.24) is 20.5 Å². The third-order valence-corrected chi connectivity index (χ3v) is 5.54. The Bertz CT molecular complexity index is 1280. The predicted octanol–water partition coefficient (Wildman–Crippen LogP) is 4.53. The second-order valence-electron chi connectivity index (χ2n) is 8.54. The van der Waals surface area contributed by atoms with E-state index in [1.165, 1.54) is 30.3 Å². The maximum Gasteiger partial charge on any atom is 0.252 e. The van der Waals surface area contributed by atoms with Crippen LogP contribution in [0.2, 0.25) is 0 Å². The van der Waals surface area contributed by atoms with Crippen molar-refractivity contribution in [2.45, 2.75) is 31.9 Å². The molecule has 174 valence electrons. The number of carbonyl (C=O) groups excluding carboxylic acids is 1. The third-order valence-electron chi connectivity index (χ3n) is 5.54. The summed E-state index contributed by atoms with van der Waals surface area (Å²) < 4.78 is 28.2. The highest BCUT2D eigenvalue weighted by atomic mass is 19.1. The van der Waals surface area contributed by atoms with Gasteiger partial charge in [0.2, 0.25) is 0 Å². The lowest BCUT2D eigenvalue weighted by molar-refractivity contribution is 0.0347. The minimum Gasteiger partial charge on any atom is -0.388 e. The monoisotopic (exact) mass is 462 g/mol. The number of H-pyrrole nitrogens is 1. The number of amides is 1. The Morgan fingerprint density at radius 2 is 1.85 bits per heavy atom. The molecule has 0 radical (unpaired) electrons. The summed E-state index contributed by atoms with van der Waals surface area (Å²) >= 11 is 0. The Labute approximate surface area is 195 Å². The molecule has 0 aliphatic heterocycles. The Hall–Kier alpha value is -3.91. The van der Waals surface area contributed by atoms with Crippen LogP contribution in [0, 0.1) is 11.6 Å². The van der Waals surface area contributed by atoms with Crippen molar-refractivity contribution < 1.29 is 18.7 Å². The van der Waals surface area contributed by atoms with E-state index in [0.717, 1.165) is 0 Å². The minimum absolute atomic E-state index is 0.0493. The molecule has 3 N–H and O–H groups in total. The Kier molecular flexibility index (Phi) is 6.51. The zero-order chi connectivity index (χ0) is 24.3. The number of pyridine rings is 1. The topological polar surface area (TPSA) is 90.9 Å². The van der Waals surface area contributed by atoms with E-state index in [1.54, 1.807) is 50.4 Å². The van der Waals surface area contributed by atoms with E-state index >= 15 is 0 Å². The normalized spacial score (nSPS) is 12.4. The molecule has 2 heterocycles. The van der Waals surface area contributed by atoms with Gasteiger partial charge in [-0.2, -0.15) is 5.10 Å². The van der Waals surface area contributed by atoms with Crippen LogP contribution in [-0.2, 0) is 6.42 Å². The van der Waals surface area contributed by atoms with E-state index in [0.29, 0.717) is 29.1 Å². The van der Waals surface area contributed by atoms with Gasteiger partial charge in [0.15, 0.2) is 0 Å². The molecule has 8 heteroatoms. The fraction of sp³-hybridized carbons (Fsp3) is 0.192. The summed E-state index contributed by atoms with van der Waals surface area (Å²) in [6, 6.07) is 16.3. The van der Waals surface area contributed by atoms with Crippen LogP contribution in [0.3, 0.4) is 0 Å². The first kappa shape index (κ1) is 23.3. The molecule has 34 heavy (non-hydrogen) atoms. The summed E-state index contributed by atoms with van der Waals surface area (Å²) in [6.45, 7) is 3.19. The van der Waals surface area contributed by atoms with E-state index in [1.807, 2.05) is 6.07 Å². The zero-order valence-corrected chi connectivity index (χ0v) is 18.7. The van der Waals surface area contributed by atoms with E-state index in [9.17, 15) is 18.7 Å². The van der Waals surface area contributed by atoms with Crippen molar-refractivity contribution in [3.05, 3.63) is 95.8 Å². The van der Waals surface area contributed by atoms with Crippen molar-refractivity contribution >= 4 is 5.91 Å². The molecule has 4 rings (SSSR count). The SMILES string of the molecule is CC(C)(O)C(Cc1ccccn1)NC(=O)c1cccc(F)c1-c1cc(-c2ccc(F)cc2)n[nH]1. The van der Waals surface area contributed by atoms with Crippen molar-refractivity contribution in [3.63, 3.8) is 0 Å². The highest BCUT2D eigenvalue weighted by molar-refractivity contribution is 6.01. The van der Waals surface area contributed by atoms with Gasteiger partial charge in [-0.25, -0.2) is 8.78 Å². The molecular formula is C26H24F2N4O2. The zero-order valence-electron chi connectivity index (χ0n) is 18.7. The van der Waals surface area contributed by atoms with Crippen LogP contribution in [-0.4, -0.2) is 37.8 Å². The second-order valence-corrected chi connectivity index (χ2v) is 8.54. The van der Waals surface area contributed by atoms with Crippen LogP contribution in [0.25, 0.3) is 22.5 Å². The first-order valence-corrected chi connectivity index (χ1v) is 10.8. The summed E-state index contributed by atoms with van der Waals surface area (Å²) in [5.41, 5.74) is 0.999. The van der Waals surface area contributed by atoms with Gasteiger partial charge in [0, 0.05) is 29.4 Å². The molecular weight excluding hydrogens is 438 g/mol. The quantitative estimate of drug-likeness (QED) is 0.376. The molecule has 0 aliphatic carbocycles. The summed E-state index contributed by atoms with van der Waals surface area (Å²) in [5.74, 6) is -1.53. The Balaban J connectivity index is 1.65. The lowest BCUT2D eigenvalue weighted by Crippen LogP contribution is -2.50. The van der Waals surface area contributed by atoms with Gasteiger partial charge in [-0.1, -0.05) is 12.1 Å². The van der Waals surface area contributed by atoms with Crippen LogP contribution >= 0.6 is 0 Å². The summed E-state index contributed by atoms with van der Waals surface area (Å²) in [4.78, 5) is 17.5. The molecule has 0 aliphatic rings. The molecule has 1 unspecified atom stereocenters. The van der Waals surface area contributed by atoms with E-state index < -0.39 is 23.4 Å². The van der Waals surface area contributed by atoms with Crippen LogP contribution in [0.5, 0.6) is 0 Å². The predicted molar refractivity (Wildman–Crippen MR) is 125 cm³/mol. The number of aliphatic hydroxyl groups is 1. The van der Waals surface area contributed by atoms with Crippen LogP contribution in [0.1, 0.15) is 29.9 Å². The number of hydrogen-bond donors (Lipinski definition) is 3. The number of nitrogens with one attached hydrogen (secondary N) is 2. The number of aromatic nitrogens is 3. The summed E-state index contributed by atoms with van der Waals surface area (Å²) in [6.07, 6.45) is 1.93. The Morgan fingerprint density at radius 3 is 2.53 bits per heavy atom. The van der Waals surface area contributed by atoms with Gasteiger partial charge in [0.05, 0.1) is 28.6 Å². The average Bonchev–Trinajstić information content (AvgIpc) is 3.28. The number of carbonyl (C=O) groups is 1. The molecule has 0 saturated carbocycles. The number of halogens is 2. The highest BCUT2D eigenvalue weighted by Crippen LogP contribution is 2.29. The Morgan fingerprint density at radius 1 is 1.09 bits per heavy atom. The first-order chi connectivity index (χ1) is 16.2. The van der Waals surface area contributed by atoms with Gasteiger partial charge in [-0.3, -0.25) is 14.9 Å². The lowest BCUT2D eigenvalue weighted by atomic mass is 9.93. The standard InChI is InChI=1S/C26H24F2N4O2/c1-26(2,34)23(14-18-6-3-4-13-29-18)30-25(33)19-7-5-8-20(28)24(19)22-15-21(31-32-22)16-9-11-17(27)12-10-16/h3-13,15,23,34H,14H2,1-2H3,(H,30,33)(H,31,32). The number of hydrogen-bond acceptors (Lipinski definition) is 4. The van der Waals surface area contributed by atoms with Crippen molar-refractivity contribution in [3.8, 4) is 22.5 Å². The molecule has 0 saturated heterocycles. The van der Waals surface area contributed by atoms with Crippen LogP contribution in [0.4, 0.5) is 8.78 Å². The van der Waals surface area contributed by atoms with Gasteiger partial charge in [-0.15, -0.1) is 0 Å². The first-order valence-electron chi connectivity index (χ1n) is 10.8. The van der Waals surface area contributed by atoms with Gasteiger partial charge in [-0.05, 0) is 68.4 Å². The lowest BCUT2D eigenvalue weighted by Gasteiger charge is -2.30. The summed E-state index contributed by atoms with van der Waals surface area (Å²) in [7, 11) is 0. The number of nitrogens with zero attached hydrogens (tertiary/aromatic N) is 2. The van der Waals surface area contributed by atoms with E-state index in [2.05, 4.69) is 20.5 Å². The third kappa shape index (κ3) is 5.18. The molecule has 1 atom stereocenters. The summed E-state index contributed by atoms with van der Waals surface area (Å²) in [5, 5.41) is 20.5. The van der Waals surface area contributed by atoms with Gasteiger partial charge in [0.1, 0.15) is 11.6 Å². The molecule has 0 spiro atoms. The molecule has 6 nitrogen and oxygen atoms in total. The van der Waals surface area contributed by atoms with Gasteiger partial charge in [0.25, 0.3) is 5.91 Å². The molecule has 4 aromatic rings. The van der Waals surface area contributed by atoms with Gasteiger partial charge >= 0.3 is 0 Å². The van der Waals surface area contributed by atoms with E-state index in [-0.39, 0.29) is 16.9 Å². The molecule has 2 aromatic heterocycles. The molecule has 0 bridgehead atoms. The molecule has 0 fully saturated rings. The highest BCUT2D eigenvalue weighted by Gasteiger charge is 2.30. The van der Waals surface area contributed by atoms with Crippen LogP contribution in [0.15, 0.2) is 72.9 Å². The minimum atomic E-state index is -1.26. The molecule has 2 aromatic carbocycles. The van der Waals surface area contributed by atoms with Crippen molar-refractivity contribution in [2.75, 3.05) is 0 Å². The van der Waals surface area contributed by atoms with Crippen molar-refractivity contribution in [2.24, 2.45) is 0 Å². The maximum absolute atomic E-state index is 14.9. The average molecular weight is 463 g/mol.